The Hall–Kier alpha value is -1.18. The number of aromatic nitrogens is 2. The van der Waals surface area contributed by atoms with E-state index in [4.69, 9.17) is 11.6 Å². The van der Waals surface area contributed by atoms with E-state index in [-0.39, 0.29) is 9.92 Å². The molecule has 0 aromatic carbocycles. The Morgan fingerprint density at radius 3 is 2.89 bits per heavy atom. The first kappa shape index (κ1) is 12.8. The fourth-order valence-electron chi connectivity index (χ4n) is 1.63. The highest BCUT2D eigenvalue weighted by Gasteiger charge is 2.27. The van der Waals surface area contributed by atoms with E-state index in [1.807, 2.05) is 5.38 Å². The molecule has 19 heavy (non-hydrogen) atoms. The molecule has 0 saturated heterocycles. The van der Waals surface area contributed by atoms with E-state index in [2.05, 4.69) is 14.7 Å². The van der Waals surface area contributed by atoms with E-state index in [0.29, 0.717) is 11.0 Å². The molecule has 2 heterocycles. The van der Waals surface area contributed by atoms with Crippen molar-refractivity contribution in [3.8, 4) is 0 Å². The molecule has 0 atom stereocenters. The van der Waals surface area contributed by atoms with Gasteiger partial charge in [0.1, 0.15) is 4.90 Å². The van der Waals surface area contributed by atoms with Gasteiger partial charge in [-0.3, -0.25) is 9.71 Å². The van der Waals surface area contributed by atoms with Gasteiger partial charge in [0.15, 0.2) is 5.13 Å². The second-order valence-corrected chi connectivity index (χ2v) is 7.18. The first-order valence-electron chi connectivity index (χ1n) is 5.64. The highest BCUT2D eigenvalue weighted by atomic mass is 35.5. The van der Waals surface area contributed by atoms with Gasteiger partial charge in [0.25, 0.3) is 10.0 Å². The molecule has 100 valence electrons. The normalized spacial score (nSPS) is 15.4. The summed E-state index contributed by atoms with van der Waals surface area (Å²) in [5, 5.41) is 2.39. The van der Waals surface area contributed by atoms with Crippen LogP contribution in [0.2, 0.25) is 5.02 Å². The second kappa shape index (κ2) is 4.73. The average molecular weight is 316 g/mol. The lowest BCUT2D eigenvalue weighted by atomic mass is 10.3. The molecule has 0 radical (unpaired) electrons. The minimum Gasteiger partial charge on any atom is -0.263 e. The van der Waals surface area contributed by atoms with Crippen molar-refractivity contribution in [3.05, 3.63) is 34.6 Å². The summed E-state index contributed by atoms with van der Waals surface area (Å²) in [7, 11) is -3.73. The minimum atomic E-state index is -3.73. The molecule has 1 aliphatic rings. The predicted molar refractivity (Wildman–Crippen MR) is 74.1 cm³/mol. The van der Waals surface area contributed by atoms with E-state index in [0.717, 1.165) is 18.5 Å². The third kappa shape index (κ3) is 2.72. The van der Waals surface area contributed by atoms with Crippen LogP contribution in [0.3, 0.4) is 0 Å². The lowest BCUT2D eigenvalue weighted by Crippen LogP contribution is -2.13. The molecule has 8 heteroatoms. The molecule has 2 aromatic heterocycles. The van der Waals surface area contributed by atoms with Crippen LogP contribution in [0.4, 0.5) is 5.13 Å². The van der Waals surface area contributed by atoms with Crippen LogP contribution in [-0.2, 0) is 10.0 Å². The topological polar surface area (TPSA) is 72.0 Å². The van der Waals surface area contributed by atoms with Crippen molar-refractivity contribution in [1.82, 2.24) is 9.97 Å². The Kier molecular flexibility index (Phi) is 3.20. The van der Waals surface area contributed by atoms with Gasteiger partial charge in [-0.25, -0.2) is 13.4 Å². The van der Waals surface area contributed by atoms with Crippen molar-refractivity contribution in [2.45, 2.75) is 23.7 Å². The van der Waals surface area contributed by atoms with Crippen LogP contribution >= 0.6 is 22.9 Å². The predicted octanol–water partition coefficient (Wildman–Crippen LogP) is 2.87. The van der Waals surface area contributed by atoms with E-state index >= 15 is 0 Å². The van der Waals surface area contributed by atoms with Gasteiger partial charge >= 0.3 is 0 Å². The zero-order chi connectivity index (χ0) is 13.5. The Morgan fingerprint density at radius 1 is 1.42 bits per heavy atom. The number of pyridine rings is 1. The molecular weight excluding hydrogens is 306 g/mol. The van der Waals surface area contributed by atoms with Crippen molar-refractivity contribution in [2.75, 3.05) is 4.72 Å². The average Bonchev–Trinajstić information content (AvgIpc) is 3.11. The minimum absolute atomic E-state index is 0.0418. The number of hydrogen-bond acceptors (Lipinski definition) is 5. The summed E-state index contributed by atoms with van der Waals surface area (Å²) in [4.78, 5) is 8.01. The van der Waals surface area contributed by atoms with E-state index in [1.165, 1.54) is 29.8 Å². The van der Waals surface area contributed by atoms with Crippen LogP contribution in [0.15, 0.2) is 28.7 Å². The Balaban J connectivity index is 1.86. The number of thiazole rings is 1. The zero-order valence-electron chi connectivity index (χ0n) is 9.71. The van der Waals surface area contributed by atoms with Crippen molar-refractivity contribution < 1.29 is 8.42 Å². The summed E-state index contributed by atoms with van der Waals surface area (Å²) in [6.07, 6.45) is 4.92. The van der Waals surface area contributed by atoms with Gasteiger partial charge in [0.2, 0.25) is 0 Å². The summed E-state index contributed by atoms with van der Waals surface area (Å²) in [6, 6.07) is 1.44. The number of hydrogen-bond donors (Lipinski definition) is 1. The van der Waals surface area contributed by atoms with Crippen molar-refractivity contribution in [2.24, 2.45) is 0 Å². The molecule has 1 aliphatic carbocycles. The summed E-state index contributed by atoms with van der Waals surface area (Å²) in [5.41, 5.74) is 0.958. The van der Waals surface area contributed by atoms with Crippen molar-refractivity contribution in [3.63, 3.8) is 0 Å². The van der Waals surface area contributed by atoms with Gasteiger partial charge < -0.3 is 0 Å². The molecular formula is C11H10ClN3O2S2. The zero-order valence-corrected chi connectivity index (χ0v) is 12.1. The Morgan fingerprint density at radius 2 is 2.21 bits per heavy atom. The standard InChI is InChI=1S/C11H10ClN3O2S2/c12-8-3-4-13-5-10(8)19(16,17)15-11-14-9(6-18-11)7-1-2-7/h3-7H,1-2H2,(H,14,15). The SMILES string of the molecule is O=S(=O)(Nc1nc(C2CC2)cs1)c1cnccc1Cl. The smallest absolute Gasteiger partial charge is 0.263 e. The molecule has 2 aromatic rings. The maximum Gasteiger partial charge on any atom is 0.266 e. The summed E-state index contributed by atoms with van der Waals surface area (Å²) >= 11 is 7.14. The van der Waals surface area contributed by atoms with Gasteiger partial charge in [-0.1, -0.05) is 11.6 Å². The molecule has 0 amide bonds. The van der Waals surface area contributed by atoms with Crippen LogP contribution < -0.4 is 4.72 Å². The second-order valence-electron chi connectivity index (χ2n) is 4.26. The highest BCUT2D eigenvalue weighted by Crippen LogP contribution is 2.41. The number of sulfonamides is 1. The molecule has 0 unspecified atom stereocenters. The third-order valence-electron chi connectivity index (χ3n) is 2.76. The highest BCUT2D eigenvalue weighted by molar-refractivity contribution is 7.93. The van der Waals surface area contributed by atoms with Gasteiger partial charge in [0, 0.05) is 23.7 Å². The van der Waals surface area contributed by atoms with Crippen LogP contribution in [0.25, 0.3) is 0 Å². The van der Waals surface area contributed by atoms with Gasteiger partial charge in [-0.15, -0.1) is 11.3 Å². The van der Waals surface area contributed by atoms with Crippen LogP contribution in [0, 0.1) is 0 Å². The lowest BCUT2D eigenvalue weighted by molar-refractivity contribution is 0.601. The molecule has 0 bridgehead atoms. The number of nitrogens with one attached hydrogen (secondary N) is 1. The molecule has 1 N–H and O–H groups in total. The fraction of sp³-hybridized carbons (Fsp3) is 0.273. The fourth-order valence-corrected chi connectivity index (χ4v) is 4.11. The summed E-state index contributed by atoms with van der Waals surface area (Å²) < 4.78 is 26.7. The van der Waals surface area contributed by atoms with Crippen LogP contribution in [0.1, 0.15) is 24.5 Å². The van der Waals surface area contributed by atoms with Crippen LogP contribution in [-0.4, -0.2) is 18.4 Å². The Labute approximate surface area is 119 Å². The third-order valence-corrected chi connectivity index (χ3v) is 5.48. The van der Waals surface area contributed by atoms with E-state index in [9.17, 15) is 8.42 Å². The maximum atomic E-state index is 12.1. The maximum absolute atomic E-state index is 12.1. The first-order valence-corrected chi connectivity index (χ1v) is 8.38. The van der Waals surface area contributed by atoms with Crippen molar-refractivity contribution >= 4 is 38.1 Å². The van der Waals surface area contributed by atoms with Gasteiger partial charge in [-0.05, 0) is 18.9 Å². The number of nitrogens with zero attached hydrogens (tertiary/aromatic N) is 2. The van der Waals surface area contributed by atoms with Gasteiger partial charge in [0.05, 0.1) is 10.7 Å². The first-order chi connectivity index (χ1) is 9.06. The molecule has 5 nitrogen and oxygen atoms in total. The quantitative estimate of drug-likeness (QED) is 0.941. The van der Waals surface area contributed by atoms with Crippen molar-refractivity contribution in [1.29, 1.82) is 0 Å². The molecule has 0 aliphatic heterocycles. The molecule has 1 fully saturated rings. The Bertz CT molecular complexity index is 710. The lowest BCUT2D eigenvalue weighted by Gasteiger charge is -2.05. The number of halogens is 1. The largest absolute Gasteiger partial charge is 0.266 e. The summed E-state index contributed by atoms with van der Waals surface area (Å²) in [5.74, 6) is 0.497. The van der Waals surface area contributed by atoms with E-state index < -0.39 is 10.0 Å². The van der Waals surface area contributed by atoms with E-state index in [1.54, 1.807) is 0 Å². The van der Waals surface area contributed by atoms with Gasteiger partial charge in [-0.2, -0.15) is 0 Å². The molecule has 1 saturated carbocycles. The summed E-state index contributed by atoms with van der Waals surface area (Å²) in [6.45, 7) is 0. The molecule has 0 spiro atoms. The van der Waals surface area contributed by atoms with Crippen LogP contribution in [0.5, 0.6) is 0 Å². The number of anilines is 1. The monoisotopic (exact) mass is 315 g/mol. The number of rotatable bonds is 4. The molecule has 3 rings (SSSR count).